The van der Waals surface area contributed by atoms with E-state index in [1.807, 2.05) is 31.2 Å². The maximum atomic E-state index is 12.8. The van der Waals surface area contributed by atoms with Gasteiger partial charge in [-0.1, -0.05) is 23.5 Å². The number of fused-ring (bicyclic) bond motifs is 1. The Morgan fingerprint density at radius 1 is 1.19 bits per heavy atom. The second-order valence-corrected chi connectivity index (χ2v) is 7.07. The molecule has 2 heterocycles. The van der Waals surface area contributed by atoms with Crippen molar-refractivity contribution in [2.45, 2.75) is 13.8 Å². The lowest BCUT2D eigenvalue weighted by molar-refractivity contribution is -0.120. The molecule has 1 aromatic heterocycles. The minimum Gasteiger partial charge on any atom is -0.450 e. The Kier molecular flexibility index (Phi) is 6.05. The summed E-state index contributed by atoms with van der Waals surface area (Å²) in [6.45, 7) is 7.56. The molecule has 8 heteroatoms. The van der Waals surface area contributed by atoms with Crippen molar-refractivity contribution in [1.29, 1.82) is 0 Å². The number of nitrogens with zero attached hydrogens (tertiary/aromatic N) is 4. The molecule has 2 amide bonds. The molecular weight excluding hydrogens is 352 g/mol. The zero-order chi connectivity index (χ0) is 18.5. The second-order valence-electron chi connectivity index (χ2n) is 6.06. The fourth-order valence-corrected chi connectivity index (χ4v) is 4.02. The summed E-state index contributed by atoms with van der Waals surface area (Å²) in [7, 11) is 0. The number of thiazole rings is 1. The summed E-state index contributed by atoms with van der Waals surface area (Å²) in [6.07, 6.45) is -0.275. The van der Waals surface area contributed by atoms with E-state index in [0.717, 1.165) is 15.3 Å². The summed E-state index contributed by atoms with van der Waals surface area (Å²) >= 11 is 1.54. The molecule has 1 aliphatic rings. The summed E-state index contributed by atoms with van der Waals surface area (Å²) in [6, 6.07) is 7.91. The molecule has 7 nitrogen and oxygen atoms in total. The number of piperazine rings is 1. The van der Waals surface area contributed by atoms with Crippen molar-refractivity contribution in [2.75, 3.05) is 50.8 Å². The zero-order valence-corrected chi connectivity index (χ0v) is 16.0. The van der Waals surface area contributed by atoms with E-state index in [4.69, 9.17) is 4.74 Å². The van der Waals surface area contributed by atoms with Crippen molar-refractivity contribution < 1.29 is 14.3 Å². The lowest BCUT2D eigenvalue weighted by atomic mass is 10.3. The molecule has 3 rings (SSSR count). The van der Waals surface area contributed by atoms with Crippen LogP contribution in [0.3, 0.4) is 0 Å². The predicted octanol–water partition coefficient (Wildman–Crippen LogP) is 2.42. The lowest BCUT2D eigenvalue weighted by Crippen LogP contribution is -2.51. The van der Waals surface area contributed by atoms with Gasteiger partial charge in [-0.2, -0.15) is 0 Å². The summed E-state index contributed by atoms with van der Waals surface area (Å²) in [5.74, 6) is 0.0381. The van der Waals surface area contributed by atoms with Crippen LogP contribution in [-0.2, 0) is 9.53 Å². The third-order valence-electron chi connectivity index (χ3n) is 4.39. The van der Waals surface area contributed by atoms with Gasteiger partial charge in [0.15, 0.2) is 5.13 Å². The van der Waals surface area contributed by atoms with Gasteiger partial charge in [-0.3, -0.25) is 14.6 Å². The molecule has 140 valence electrons. The summed E-state index contributed by atoms with van der Waals surface area (Å²) < 4.78 is 6.11. The topological polar surface area (TPSA) is 66.0 Å². The van der Waals surface area contributed by atoms with Gasteiger partial charge in [-0.25, -0.2) is 9.78 Å². The minimum absolute atomic E-state index is 0.0381. The van der Waals surface area contributed by atoms with Gasteiger partial charge >= 0.3 is 6.09 Å². The van der Waals surface area contributed by atoms with E-state index in [1.54, 1.807) is 16.7 Å². The third kappa shape index (κ3) is 4.13. The lowest BCUT2D eigenvalue weighted by Gasteiger charge is -2.34. The quantitative estimate of drug-likeness (QED) is 0.802. The Labute approximate surface area is 157 Å². The van der Waals surface area contributed by atoms with Crippen LogP contribution < -0.4 is 4.90 Å². The standard InChI is InChI=1S/C18H24N4O3S/c1-3-22(17-19-14-7-5-6-8-15(14)26-17)16(23)13-20-9-11-21(12-10-20)18(24)25-4-2/h5-8H,3-4,9-13H2,1-2H3. The first-order valence-electron chi connectivity index (χ1n) is 8.92. The van der Waals surface area contributed by atoms with Crippen LogP contribution in [0, 0.1) is 0 Å². The number of carbonyl (C=O) groups excluding carboxylic acids is 2. The van der Waals surface area contributed by atoms with Crippen molar-refractivity contribution in [3.8, 4) is 0 Å². The zero-order valence-electron chi connectivity index (χ0n) is 15.2. The van der Waals surface area contributed by atoms with Gasteiger partial charge in [0.05, 0.1) is 23.4 Å². The molecule has 1 saturated heterocycles. The van der Waals surface area contributed by atoms with Crippen molar-refractivity contribution >= 4 is 38.7 Å². The first kappa shape index (κ1) is 18.6. The Morgan fingerprint density at radius 3 is 2.58 bits per heavy atom. The highest BCUT2D eigenvalue weighted by Crippen LogP contribution is 2.28. The van der Waals surface area contributed by atoms with Gasteiger partial charge in [0.25, 0.3) is 0 Å². The Hall–Kier alpha value is -2.19. The van der Waals surface area contributed by atoms with E-state index in [9.17, 15) is 9.59 Å². The van der Waals surface area contributed by atoms with Gasteiger partial charge < -0.3 is 9.64 Å². The van der Waals surface area contributed by atoms with Crippen LogP contribution in [-0.4, -0.2) is 72.7 Å². The van der Waals surface area contributed by atoms with Gasteiger partial charge in [0, 0.05) is 32.7 Å². The average Bonchev–Trinajstić information content (AvgIpc) is 3.06. The van der Waals surface area contributed by atoms with E-state index in [1.165, 1.54) is 11.3 Å². The highest BCUT2D eigenvalue weighted by atomic mass is 32.1. The van der Waals surface area contributed by atoms with E-state index < -0.39 is 0 Å². The van der Waals surface area contributed by atoms with Gasteiger partial charge in [-0.15, -0.1) is 0 Å². The maximum absolute atomic E-state index is 12.8. The number of amides is 2. The number of hydrogen-bond donors (Lipinski definition) is 0. The average molecular weight is 376 g/mol. The van der Waals surface area contributed by atoms with Crippen LogP contribution in [0.2, 0.25) is 0 Å². The Balaban J connectivity index is 1.59. The number of rotatable bonds is 5. The van der Waals surface area contributed by atoms with Crippen LogP contribution in [0.15, 0.2) is 24.3 Å². The number of anilines is 1. The number of benzene rings is 1. The number of likely N-dealkylation sites (N-methyl/N-ethyl adjacent to an activating group) is 1. The molecular formula is C18H24N4O3S. The number of para-hydroxylation sites is 1. The van der Waals surface area contributed by atoms with Crippen LogP contribution in [0.4, 0.5) is 9.93 Å². The molecule has 0 atom stereocenters. The fraction of sp³-hybridized carbons (Fsp3) is 0.500. The molecule has 0 unspecified atom stereocenters. The van der Waals surface area contributed by atoms with E-state index in [-0.39, 0.29) is 12.0 Å². The number of hydrogen-bond acceptors (Lipinski definition) is 6. The van der Waals surface area contributed by atoms with E-state index in [2.05, 4.69) is 9.88 Å². The van der Waals surface area contributed by atoms with Crippen LogP contribution in [0.1, 0.15) is 13.8 Å². The molecule has 1 fully saturated rings. The van der Waals surface area contributed by atoms with Gasteiger partial charge in [-0.05, 0) is 26.0 Å². The smallest absolute Gasteiger partial charge is 0.409 e. The molecule has 1 aliphatic heterocycles. The monoisotopic (exact) mass is 376 g/mol. The van der Waals surface area contributed by atoms with Crippen molar-refractivity contribution in [1.82, 2.24) is 14.8 Å². The molecule has 26 heavy (non-hydrogen) atoms. The molecule has 0 N–H and O–H groups in total. The Morgan fingerprint density at radius 2 is 1.92 bits per heavy atom. The largest absolute Gasteiger partial charge is 0.450 e. The molecule has 1 aromatic carbocycles. The van der Waals surface area contributed by atoms with Crippen molar-refractivity contribution in [2.24, 2.45) is 0 Å². The predicted molar refractivity (Wildman–Crippen MR) is 103 cm³/mol. The van der Waals surface area contributed by atoms with Crippen LogP contribution in [0.5, 0.6) is 0 Å². The summed E-state index contributed by atoms with van der Waals surface area (Å²) in [5, 5.41) is 0.740. The summed E-state index contributed by atoms with van der Waals surface area (Å²) in [4.78, 5) is 34.6. The normalized spacial score (nSPS) is 15.2. The van der Waals surface area contributed by atoms with Crippen molar-refractivity contribution in [3.05, 3.63) is 24.3 Å². The fourth-order valence-electron chi connectivity index (χ4n) is 2.97. The maximum Gasteiger partial charge on any atom is 0.409 e. The molecule has 0 radical (unpaired) electrons. The third-order valence-corrected chi connectivity index (χ3v) is 5.45. The van der Waals surface area contributed by atoms with E-state index >= 15 is 0 Å². The number of ether oxygens (including phenoxy) is 1. The van der Waals surface area contributed by atoms with Gasteiger partial charge in [0.2, 0.25) is 5.91 Å². The van der Waals surface area contributed by atoms with E-state index in [0.29, 0.717) is 45.9 Å². The number of carbonyl (C=O) groups is 2. The summed E-state index contributed by atoms with van der Waals surface area (Å²) in [5.41, 5.74) is 0.918. The minimum atomic E-state index is -0.275. The molecule has 0 aliphatic carbocycles. The van der Waals surface area contributed by atoms with Crippen molar-refractivity contribution in [3.63, 3.8) is 0 Å². The van der Waals surface area contributed by atoms with Gasteiger partial charge in [0.1, 0.15) is 0 Å². The van der Waals surface area contributed by atoms with Crippen LogP contribution >= 0.6 is 11.3 Å². The van der Waals surface area contributed by atoms with Crippen LogP contribution in [0.25, 0.3) is 10.2 Å². The first-order valence-corrected chi connectivity index (χ1v) is 9.74. The molecule has 0 saturated carbocycles. The number of aromatic nitrogens is 1. The molecule has 0 bridgehead atoms. The highest BCUT2D eigenvalue weighted by molar-refractivity contribution is 7.22. The molecule has 0 spiro atoms. The Bertz CT molecular complexity index is 738. The molecule has 2 aromatic rings. The highest BCUT2D eigenvalue weighted by Gasteiger charge is 2.25. The first-order chi connectivity index (χ1) is 12.6. The SMILES string of the molecule is CCOC(=O)N1CCN(CC(=O)N(CC)c2nc3ccccc3s2)CC1. The second kappa shape index (κ2) is 8.46.